The molecule has 2 heterocycles. The molecule has 2 bridgehead atoms. The molecule has 0 spiro atoms. The van der Waals surface area contributed by atoms with Gasteiger partial charge in [0.05, 0.1) is 25.9 Å². The van der Waals surface area contributed by atoms with Crippen molar-refractivity contribution in [1.82, 2.24) is 0 Å². The van der Waals surface area contributed by atoms with E-state index in [-0.39, 0.29) is 17.1 Å². The Hall–Kier alpha value is -0.963. The normalized spacial score (nSPS) is 35.0. The third kappa shape index (κ3) is 4.40. The van der Waals surface area contributed by atoms with Crippen LogP contribution in [0.5, 0.6) is 5.75 Å². The maximum atomic E-state index is 10.6. The molecule has 29 heavy (non-hydrogen) atoms. The number of aliphatic hydroxyl groups excluding tert-OH is 2. The van der Waals surface area contributed by atoms with Gasteiger partial charge in [0.25, 0.3) is 0 Å². The predicted molar refractivity (Wildman–Crippen MR) is 113 cm³/mol. The predicted octanol–water partition coefficient (Wildman–Crippen LogP) is 3.11. The maximum Gasteiger partial charge on any atom is 0.192 e. The maximum absolute atomic E-state index is 10.6. The van der Waals surface area contributed by atoms with Crippen molar-refractivity contribution in [2.45, 2.75) is 89.1 Å². The van der Waals surface area contributed by atoms with Crippen molar-refractivity contribution >= 4 is 8.32 Å². The summed E-state index contributed by atoms with van der Waals surface area (Å²) in [5.41, 5.74) is 1.000. The highest BCUT2D eigenvalue weighted by Gasteiger charge is 2.59. The molecule has 7 atom stereocenters. The van der Waals surface area contributed by atoms with Gasteiger partial charge in [0.1, 0.15) is 30.2 Å². The summed E-state index contributed by atoms with van der Waals surface area (Å²) in [5.74, 6) is 0.702. The highest BCUT2D eigenvalue weighted by Crippen LogP contribution is 2.44. The van der Waals surface area contributed by atoms with E-state index in [2.05, 4.69) is 33.9 Å². The van der Waals surface area contributed by atoms with E-state index in [1.54, 1.807) is 7.11 Å². The van der Waals surface area contributed by atoms with Crippen LogP contribution in [0.15, 0.2) is 24.3 Å². The summed E-state index contributed by atoms with van der Waals surface area (Å²) in [5, 5.41) is 21.1. The van der Waals surface area contributed by atoms with Crippen molar-refractivity contribution in [3.8, 4) is 5.75 Å². The van der Waals surface area contributed by atoms with Gasteiger partial charge in [-0.25, -0.2) is 0 Å². The summed E-state index contributed by atoms with van der Waals surface area (Å²) >= 11 is 0. The number of hydrogen-bond donors (Lipinski definition) is 2. The molecule has 2 fully saturated rings. The Bertz CT molecular complexity index is 686. The Labute approximate surface area is 175 Å². The molecule has 6 nitrogen and oxygen atoms in total. The van der Waals surface area contributed by atoms with E-state index in [4.69, 9.17) is 18.6 Å². The highest BCUT2D eigenvalue weighted by molar-refractivity contribution is 6.74. The summed E-state index contributed by atoms with van der Waals surface area (Å²) < 4.78 is 24.3. The monoisotopic (exact) mass is 424 g/mol. The average molecular weight is 425 g/mol. The van der Waals surface area contributed by atoms with Crippen LogP contribution in [0, 0.1) is 5.92 Å². The van der Waals surface area contributed by atoms with Gasteiger partial charge in [-0.3, -0.25) is 0 Å². The lowest BCUT2D eigenvalue weighted by atomic mass is 9.92. The van der Waals surface area contributed by atoms with E-state index in [0.29, 0.717) is 6.61 Å². The zero-order chi connectivity index (χ0) is 21.6. The fourth-order valence-corrected chi connectivity index (χ4v) is 5.29. The number of methoxy groups -OCH3 is 1. The second-order valence-electron chi connectivity index (χ2n) is 9.87. The number of benzene rings is 1. The first kappa shape index (κ1) is 22.7. The van der Waals surface area contributed by atoms with E-state index in [1.165, 1.54) is 0 Å². The molecule has 2 N–H and O–H groups in total. The minimum absolute atomic E-state index is 0.0435. The number of hydrogen-bond acceptors (Lipinski definition) is 6. The largest absolute Gasteiger partial charge is 0.497 e. The van der Waals surface area contributed by atoms with Crippen LogP contribution < -0.4 is 4.74 Å². The van der Waals surface area contributed by atoms with Gasteiger partial charge in [0.15, 0.2) is 8.32 Å². The van der Waals surface area contributed by atoms with E-state index < -0.39 is 38.8 Å². The molecular formula is C22H36O6Si. The van der Waals surface area contributed by atoms with Crippen molar-refractivity contribution < 1.29 is 28.8 Å². The Morgan fingerprint density at radius 1 is 1.00 bits per heavy atom. The lowest BCUT2D eigenvalue weighted by molar-refractivity contribution is -0.196. The third-order valence-electron chi connectivity index (χ3n) is 6.86. The summed E-state index contributed by atoms with van der Waals surface area (Å²) in [6, 6.07) is 7.70. The molecule has 0 unspecified atom stereocenters. The average Bonchev–Trinajstić information content (AvgIpc) is 2.92. The molecule has 0 aromatic heterocycles. The fraction of sp³-hybridized carbons (Fsp3) is 0.727. The van der Waals surface area contributed by atoms with E-state index >= 15 is 0 Å². The molecule has 0 amide bonds. The van der Waals surface area contributed by atoms with Crippen LogP contribution in [-0.4, -0.2) is 62.3 Å². The van der Waals surface area contributed by atoms with Gasteiger partial charge < -0.3 is 28.8 Å². The quantitative estimate of drug-likeness (QED) is 0.684. The van der Waals surface area contributed by atoms with Gasteiger partial charge in [-0.05, 0) is 35.8 Å². The molecule has 2 aliphatic rings. The van der Waals surface area contributed by atoms with Crippen LogP contribution in [0.1, 0.15) is 33.3 Å². The van der Waals surface area contributed by atoms with Crippen LogP contribution in [0.25, 0.3) is 0 Å². The second-order valence-corrected chi connectivity index (χ2v) is 14.6. The third-order valence-corrected chi connectivity index (χ3v) is 11.3. The standard InChI is InChI=1S/C22H36O6Si/c1-13-18-16(23)17(24)20(27-18)21(19(13)28-29(6,7)22(2,3)4)26-12-14-8-10-15(25-5)11-9-14/h8-11,13,16-21,23-24H,12H2,1-7H3/t13-,16+,17-,18-,19+,20-,21-/m1/s1. The van der Waals surface area contributed by atoms with Crippen molar-refractivity contribution in [1.29, 1.82) is 0 Å². The number of rotatable bonds is 6. The van der Waals surface area contributed by atoms with Gasteiger partial charge >= 0.3 is 0 Å². The van der Waals surface area contributed by atoms with Gasteiger partial charge in [-0.1, -0.05) is 39.8 Å². The van der Waals surface area contributed by atoms with Crippen LogP contribution in [-0.2, 0) is 20.5 Å². The zero-order valence-corrected chi connectivity index (χ0v) is 19.6. The summed E-state index contributed by atoms with van der Waals surface area (Å²) in [6.45, 7) is 13.4. The fourth-order valence-electron chi connectivity index (χ4n) is 3.91. The van der Waals surface area contributed by atoms with Gasteiger partial charge in [0.2, 0.25) is 0 Å². The van der Waals surface area contributed by atoms with E-state index in [0.717, 1.165) is 11.3 Å². The minimum Gasteiger partial charge on any atom is -0.497 e. The van der Waals surface area contributed by atoms with Crippen molar-refractivity contribution in [3.05, 3.63) is 29.8 Å². The lowest BCUT2D eigenvalue weighted by Crippen LogP contribution is -2.58. The zero-order valence-electron chi connectivity index (χ0n) is 18.6. The summed E-state index contributed by atoms with van der Waals surface area (Å²) in [6.07, 6.45) is -3.63. The summed E-state index contributed by atoms with van der Waals surface area (Å²) in [7, 11) is -0.450. The Kier molecular flexibility index (Phi) is 6.49. The van der Waals surface area contributed by atoms with Crippen molar-refractivity contribution in [2.75, 3.05) is 7.11 Å². The molecular weight excluding hydrogens is 388 g/mol. The lowest BCUT2D eigenvalue weighted by Gasteiger charge is -2.47. The molecule has 3 rings (SSSR count). The SMILES string of the molecule is COc1ccc(CO[C@H]2[C@@H]3O[C@H]([C@@H](C)[C@@H]2O[Si](C)(C)C(C)(C)C)[C@@H](O)[C@H]3O)cc1. The first-order chi connectivity index (χ1) is 13.5. The van der Waals surface area contributed by atoms with Crippen molar-refractivity contribution in [2.24, 2.45) is 5.92 Å². The van der Waals surface area contributed by atoms with Crippen LogP contribution >= 0.6 is 0 Å². The smallest absolute Gasteiger partial charge is 0.192 e. The Balaban J connectivity index is 1.82. The van der Waals surface area contributed by atoms with E-state index in [9.17, 15) is 10.2 Å². The molecule has 2 aliphatic heterocycles. The molecule has 0 saturated carbocycles. The molecule has 7 heteroatoms. The molecule has 1 aromatic rings. The molecule has 2 saturated heterocycles. The minimum atomic E-state index is -2.09. The number of ether oxygens (including phenoxy) is 3. The van der Waals surface area contributed by atoms with Gasteiger partial charge in [-0.15, -0.1) is 0 Å². The molecule has 164 valence electrons. The van der Waals surface area contributed by atoms with Crippen LogP contribution in [0.2, 0.25) is 18.1 Å². The first-order valence-electron chi connectivity index (χ1n) is 10.4. The van der Waals surface area contributed by atoms with Gasteiger partial charge in [-0.2, -0.15) is 0 Å². The van der Waals surface area contributed by atoms with Gasteiger partial charge in [0, 0.05) is 5.92 Å². The number of aliphatic hydroxyl groups is 2. The molecule has 0 aliphatic carbocycles. The first-order valence-corrected chi connectivity index (χ1v) is 13.3. The Morgan fingerprint density at radius 3 is 2.14 bits per heavy atom. The summed E-state index contributed by atoms with van der Waals surface area (Å²) in [4.78, 5) is 0. The van der Waals surface area contributed by atoms with Crippen LogP contribution in [0.4, 0.5) is 0 Å². The highest BCUT2D eigenvalue weighted by atomic mass is 28.4. The van der Waals surface area contributed by atoms with Crippen LogP contribution in [0.3, 0.4) is 0 Å². The molecule has 1 aromatic carbocycles. The Morgan fingerprint density at radius 2 is 1.59 bits per heavy atom. The molecule has 0 radical (unpaired) electrons. The van der Waals surface area contributed by atoms with Crippen molar-refractivity contribution in [3.63, 3.8) is 0 Å². The topological polar surface area (TPSA) is 77.4 Å². The number of fused-ring (bicyclic) bond motifs is 2. The second kappa shape index (κ2) is 8.28. The van der Waals surface area contributed by atoms with E-state index in [1.807, 2.05) is 31.2 Å².